The van der Waals surface area contributed by atoms with Crippen LogP contribution < -0.4 is 0 Å². The number of hydrogen-bond acceptors (Lipinski definition) is 7. The van der Waals surface area contributed by atoms with Gasteiger partial charge >= 0.3 is 0 Å². The van der Waals surface area contributed by atoms with Crippen LogP contribution in [0.3, 0.4) is 0 Å². The van der Waals surface area contributed by atoms with E-state index in [0.717, 1.165) is 38.2 Å². The molecule has 11 aromatic rings. The van der Waals surface area contributed by atoms with E-state index in [9.17, 15) is 0 Å². The SMILES string of the molecule is c1ccc2c(c1)-c1ccccc1C21c2ccccc2-c2cccc(-c3nc(-n4c5ncccc5c5cccnc54)nc(-n4c5ncccc5c5cccnc54)n3)c21. The fourth-order valence-electron chi connectivity index (χ4n) is 9.74. The smallest absolute Gasteiger partial charge is 0.242 e. The first-order chi connectivity index (χ1) is 28.3. The molecule has 4 aromatic carbocycles. The van der Waals surface area contributed by atoms with Crippen LogP contribution in [0.15, 0.2) is 164 Å². The Morgan fingerprint density at radius 2 is 0.702 bits per heavy atom. The van der Waals surface area contributed by atoms with Crippen molar-refractivity contribution in [1.82, 2.24) is 44.0 Å². The van der Waals surface area contributed by atoms with Crippen molar-refractivity contribution < 1.29 is 0 Å². The molecule has 0 amide bonds. The normalized spacial score (nSPS) is 13.4. The Labute approximate surface area is 324 Å². The Bertz CT molecular complexity index is 3210. The summed E-state index contributed by atoms with van der Waals surface area (Å²) in [6, 6.07) is 49.0. The molecule has 13 rings (SSSR count). The third-order valence-corrected chi connectivity index (χ3v) is 11.8. The first kappa shape index (κ1) is 30.4. The Hall–Kier alpha value is -7.91. The second kappa shape index (κ2) is 11.1. The van der Waals surface area contributed by atoms with E-state index >= 15 is 0 Å². The number of aromatic nitrogens is 9. The van der Waals surface area contributed by atoms with Crippen LogP contribution in [0, 0.1) is 0 Å². The molecule has 0 saturated carbocycles. The summed E-state index contributed by atoms with van der Waals surface area (Å²) in [5.74, 6) is 1.30. The second-order valence-electron chi connectivity index (χ2n) is 14.5. The highest BCUT2D eigenvalue weighted by atomic mass is 15.3. The maximum Gasteiger partial charge on any atom is 0.242 e. The quantitative estimate of drug-likeness (QED) is 0.179. The van der Waals surface area contributed by atoms with Gasteiger partial charge in [-0.3, -0.25) is 0 Å². The molecule has 7 heterocycles. The third kappa shape index (κ3) is 3.84. The molecule has 7 aromatic heterocycles. The number of hydrogen-bond donors (Lipinski definition) is 0. The first-order valence-corrected chi connectivity index (χ1v) is 18.9. The van der Waals surface area contributed by atoms with E-state index in [1.54, 1.807) is 24.8 Å². The number of pyridine rings is 4. The van der Waals surface area contributed by atoms with E-state index in [1.807, 2.05) is 33.4 Å². The maximum atomic E-state index is 5.43. The minimum absolute atomic E-state index is 0.392. The average Bonchev–Trinajstić information content (AvgIpc) is 3.99. The van der Waals surface area contributed by atoms with Gasteiger partial charge in [0.25, 0.3) is 0 Å². The summed E-state index contributed by atoms with van der Waals surface area (Å²) in [5, 5.41) is 3.83. The van der Waals surface area contributed by atoms with Crippen molar-refractivity contribution in [2.45, 2.75) is 5.41 Å². The molecule has 0 saturated heterocycles. The van der Waals surface area contributed by atoms with Crippen LogP contribution in [-0.2, 0) is 5.41 Å². The zero-order valence-corrected chi connectivity index (χ0v) is 30.1. The maximum absolute atomic E-state index is 5.43. The lowest BCUT2D eigenvalue weighted by atomic mass is 9.69. The van der Waals surface area contributed by atoms with Gasteiger partial charge in [-0.05, 0) is 93.0 Å². The lowest BCUT2D eigenvalue weighted by molar-refractivity contribution is 0.792. The molecule has 57 heavy (non-hydrogen) atoms. The molecule has 9 heteroatoms. The van der Waals surface area contributed by atoms with Gasteiger partial charge in [0.15, 0.2) is 5.82 Å². The number of fused-ring (bicyclic) bond motifs is 16. The van der Waals surface area contributed by atoms with Gasteiger partial charge in [-0.1, -0.05) is 91.0 Å². The summed E-state index contributed by atoms with van der Waals surface area (Å²) in [6.45, 7) is 0. The van der Waals surface area contributed by atoms with Crippen molar-refractivity contribution in [3.05, 3.63) is 187 Å². The molecule has 0 fully saturated rings. The van der Waals surface area contributed by atoms with Gasteiger partial charge in [0.1, 0.15) is 22.6 Å². The van der Waals surface area contributed by atoms with Gasteiger partial charge in [-0.25, -0.2) is 29.1 Å². The van der Waals surface area contributed by atoms with E-state index in [1.165, 1.54) is 33.4 Å². The zero-order chi connectivity index (χ0) is 37.2. The topological polar surface area (TPSA) is 100 Å². The molecule has 9 nitrogen and oxygen atoms in total. The number of benzene rings is 4. The lowest BCUT2D eigenvalue weighted by Crippen LogP contribution is -2.27. The summed E-state index contributed by atoms with van der Waals surface area (Å²) < 4.78 is 3.89. The largest absolute Gasteiger partial charge is 0.245 e. The molecule has 0 N–H and O–H groups in total. The van der Waals surface area contributed by atoms with Crippen molar-refractivity contribution in [3.8, 4) is 45.5 Å². The third-order valence-electron chi connectivity index (χ3n) is 11.8. The predicted octanol–water partition coefficient (Wildman–Crippen LogP) is 9.66. The highest BCUT2D eigenvalue weighted by Crippen LogP contribution is 2.64. The van der Waals surface area contributed by atoms with Crippen LogP contribution in [0.1, 0.15) is 22.3 Å². The Morgan fingerprint density at radius 3 is 1.14 bits per heavy atom. The van der Waals surface area contributed by atoms with Crippen LogP contribution in [-0.4, -0.2) is 44.0 Å². The van der Waals surface area contributed by atoms with Crippen LogP contribution >= 0.6 is 0 Å². The molecule has 0 bridgehead atoms. The molecule has 0 atom stereocenters. The minimum atomic E-state index is -0.616. The van der Waals surface area contributed by atoms with Crippen molar-refractivity contribution in [3.63, 3.8) is 0 Å². The van der Waals surface area contributed by atoms with E-state index in [4.69, 9.17) is 34.9 Å². The van der Waals surface area contributed by atoms with Gasteiger partial charge in [-0.15, -0.1) is 0 Å². The summed E-state index contributed by atoms with van der Waals surface area (Å²) in [5.41, 5.74) is 12.8. The minimum Gasteiger partial charge on any atom is -0.245 e. The van der Waals surface area contributed by atoms with Crippen LogP contribution in [0.4, 0.5) is 0 Å². The number of nitrogens with zero attached hydrogens (tertiary/aromatic N) is 9. The summed E-state index contributed by atoms with van der Waals surface area (Å²) >= 11 is 0. The van der Waals surface area contributed by atoms with E-state index in [0.29, 0.717) is 40.3 Å². The fraction of sp³-hybridized carbons (Fsp3) is 0.0208. The lowest BCUT2D eigenvalue weighted by Gasteiger charge is -2.31. The molecule has 2 aliphatic rings. The van der Waals surface area contributed by atoms with E-state index < -0.39 is 5.41 Å². The van der Waals surface area contributed by atoms with Crippen LogP contribution in [0.5, 0.6) is 0 Å². The molecule has 1 spiro atoms. The molecule has 264 valence electrons. The molecule has 2 aliphatic carbocycles. The zero-order valence-electron chi connectivity index (χ0n) is 30.1. The van der Waals surface area contributed by atoms with E-state index in [2.05, 4.69) is 115 Å². The van der Waals surface area contributed by atoms with Crippen LogP contribution in [0.2, 0.25) is 0 Å². The Balaban J connectivity index is 1.19. The van der Waals surface area contributed by atoms with Crippen LogP contribution in [0.25, 0.3) is 89.7 Å². The Morgan fingerprint density at radius 1 is 0.333 bits per heavy atom. The predicted molar refractivity (Wildman–Crippen MR) is 221 cm³/mol. The summed E-state index contributed by atoms with van der Waals surface area (Å²) in [6.07, 6.45) is 7.17. The monoisotopic (exact) mass is 729 g/mol. The molecule has 0 unspecified atom stereocenters. The molecular formula is C48H27N9. The van der Waals surface area contributed by atoms with Crippen molar-refractivity contribution in [2.24, 2.45) is 0 Å². The molecule has 0 aliphatic heterocycles. The second-order valence-corrected chi connectivity index (χ2v) is 14.5. The van der Waals surface area contributed by atoms with Gasteiger partial charge in [0.2, 0.25) is 11.9 Å². The standard InChI is InChI=1S/C48H27N9/c1-4-21-37-28(12-1)29-13-2-5-22-38(29)48(37)39-23-6-3-14-30(39)31-15-7-16-36(40(31)48)41-53-46(56-42-32(17-8-24-49-42)33-18-9-25-50-43(33)56)55-47(54-41)57-44-34(19-10-26-51-44)35-20-11-27-52-45(35)57/h1-27H. The molecule has 0 radical (unpaired) electrons. The summed E-state index contributed by atoms with van der Waals surface area (Å²) in [4.78, 5) is 35.6. The van der Waals surface area contributed by atoms with Crippen molar-refractivity contribution in [2.75, 3.05) is 0 Å². The molecular weight excluding hydrogens is 703 g/mol. The summed E-state index contributed by atoms with van der Waals surface area (Å²) in [7, 11) is 0. The fourth-order valence-corrected chi connectivity index (χ4v) is 9.74. The average molecular weight is 730 g/mol. The highest BCUT2D eigenvalue weighted by molar-refractivity contribution is 6.07. The number of rotatable bonds is 3. The van der Waals surface area contributed by atoms with Crippen molar-refractivity contribution >= 4 is 44.1 Å². The first-order valence-electron chi connectivity index (χ1n) is 18.9. The van der Waals surface area contributed by atoms with Gasteiger partial charge < -0.3 is 0 Å². The van der Waals surface area contributed by atoms with Crippen molar-refractivity contribution in [1.29, 1.82) is 0 Å². The highest BCUT2D eigenvalue weighted by Gasteiger charge is 2.53. The van der Waals surface area contributed by atoms with Gasteiger partial charge in [0, 0.05) is 51.9 Å². The van der Waals surface area contributed by atoms with E-state index in [-0.39, 0.29) is 0 Å². The van der Waals surface area contributed by atoms with Gasteiger partial charge in [-0.2, -0.15) is 15.0 Å². The Kier molecular flexibility index (Phi) is 5.91. The van der Waals surface area contributed by atoms with Gasteiger partial charge in [0.05, 0.1) is 5.41 Å².